The fourth-order valence-electron chi connectivity index (χ4n) is 0.765. The molecule has 0 heterocycles. The average Bonchev–Trinajstić information content (AvgIpc) is 2.17. The van der Waals surface area contributed by atoms with Gasteiger partial charge in [-0.3, -0.25) is 4.79 Å². The number of allylic oxidation sites excluding steroid dienone is 5. The third-order valence-corrected chi connectivity index (χ3v) is 1.57. The van der Waals surface area contributed by atoms with Crippen molar-refractivity contribution in [2.45, 2.75) is 12.8 Å². The van der Waals surface area contributed by atoms with E-state index in [0.29, 0.717) is 6.42 Å². The number of carbonyl (C=O) groups is 1. The van der Waals surface area contributed by atoms with Crippen LogP contribution in [-0.4, -0.2) is 16.2 Å². The smallest absolute Gasteiger partial charge is 0.303 e. The molecule has 0 spiro atoms. The van der Waals surface area contributed by atoms with Gasteiger partial charge < -0.3 is 10.2 Å². The molecule has 76 valence electrons. The maximum absolute atomic E-state index is 10.3. The van der Waals surface area contributed by atoms with Crippen LogP contribution < -0.4 is 0 Å². The van der Waals surface area contributed by atoms with Crippen LogP contribution in [0.5, 0.6) is 0 Å². The Morgan fingerprint density at radius 1 is 1.07 bits per heavy atom. The van der Waals surface area contributed by atoms with Crippen molar-refractivity contribution in [1.82, 2.24) is 0 Å². The van der Waals surface area contributed by atoms with Crippen molar-refractivity contribution in [2.24, 2.45) is 0 Å². The van der Waals surface area contributed by atoms with E-state index in [-0.39, 0.29) is 12.2 Å². The van der Waals surface area contributed by atoms with Gasteiger partial charge in [-0.25, -0.2) is 0 Å². The molecule has 0 saturated carbocycles. The van der Waals surface area contributed by atoms with E-state index in [2.05, 4.69) is 13.2 Å². The summed E-state index contributed by atoms with van der Waals surface area (Å²) in [5.41, 5.74) is 0.765. The molecule has 0 bridgehead atoms. The van der Waals surface area contributed by atoms with Crippen molar-refractivity contribution in [3.8, 4) is 0 Å². The van der Waals surface area contributed by atoms with Gasteiger partial charge in [0.15, 0.2) is 0 Å². The summed E-state index contributed by atoms with van der Waals surface area (Å²) in [7, 11) is 0. The van der Waals surface area contributed by atoms with Crippen LogP contribution in [0.2, 0.25) is 0 Å². The Bertz CT molecular complexity index is 285. The Balaban J connectivity index is 4.32. The number of rotatable bonds is 6. The summed E-state index contributed by atoms with van der Waals surface area (Å²) in [6.07, 6.45) is 6.39. The normalized spacial score (nSPS) is 12.3. The average molecular weight is 194 g/mol. The fourth-order valence-corrected chi connectivity index (χ4v) is 0.765. The van der Waals surface area contributed by atoms with Crippen LogP contribution in [0.15, 0.2) is 48.8 Å². The lowest BCUT2D eigenvalue weighted by atomic mass is 10.1. The molecule has 3 nitrogen and oxygen atoms in total. The molecule has 0 aromatic rings. The Hall–Kier alpha value is -1.77. The minimum atomic E-state index is -0.852. The monoisotopic (exact) mass is 194 g/mol. The highest BCUT2D eigenvalue weighted by Gasteiger charge is 1.97. The summed E-state index contributed by atoms with van der Waals surface area (Å²) in [6.45, 7) is 6.92. The van der Waals surface area contributed by atoms with E-state index in [1.807, 2.05) is 0 Å². The van der Waals surface area contributed by atoms with Gasteiger partial charge in [0.25, 0.3) is 0 Å². The zero-order chi connectivity index (χ0) is 11.0. The standard InChI is InChI=1S/C11H14O3/c1-3-9(6-8-11(13)14)5-7-10(12)4-2/h3-5,7,12H,1-2,6,8H2,(H,13,14)/b9-5+,10-7+. The summed E-state index contributed by atoms with van der Waals surface area (Å²) in [5.74, 6) is -0.811. The van der Waals surface area contributed by atoms with Crippen LogP contribution in [0.3, 0.4) is 0 Å². The molecule has 0 unspecified atom stereocenters. The number of aliphatic carboxylic acids is 1. The van der Waals surface area contributed by atoms with E-state index in [1.54, 1.807) is 12.2 Å². The first kappa shape index (κ1) is 12.2. The van der Waals surface area contributed by atoms with Crippen LogP contribution in [-0.2, 0) is 4.79 Å². The van der Waals surface area contributed by atoms with Crippen LogP contribution in [0, 0.1) is 0 Å². The van der Waals surface area contributed by atoms with E-state index in [4.69, 9.17) is 10.2 Å². The highest BCUT2D eigenvalue weighted by molar-refractivity contribution is 5.67. The third-order valence-electron chi connectivity index (χ3n) is 1.57. The van der Waals surface area contributed by atoms with E-state index < -0.39 is 5.97 Å². The molecule has 2 N–H and O–H groups in total. The molecule has 0 aliphatic heterocycles. The van der Waals surface area contributed by atoms with Gasteiger partial charge in [-0.2, -0.15) is 0 Å². The number of carboxylic acids is 1. The summed E-state index contributed by atoms with van der Waals surface area (Å²) >= 11 is 0. The molecule has 3 heteroatoms. The van der Waals surface area contributed by atoms with Crippen molar-refractivity contribution in [2.75, 3.05) is 0 Å². The Morgan fingerprint density at radius 2 is 1.71 bits per heavy atom. The molecule has 0 rings (SSSR count). The van der Waals surface area contributed by atoms with Gasteiger partial charge in [0, 0.05) is 6.42 Å². The van der Waals surface area contributed by atoms with Crippen LogP contribution in [0.25, 0.3) is 0 Å². The second-order valence-corrected chi connectivity index (χ2v) is 2.64. The van der Waals surface area contributed by atoms with E-state index >= 15 is 0 Å². The molecule has 0 aromatic heterocycles. The Morgan fingerprint density at radius 3 is 2.14 bits per heavy atom. The molecule has 0 saturated heterocycles. The van der Waals surface area contributed by atoms with Gasteiger partial charge >= 0.3 is 5.97 Å². The molecule has 0 fully saturated rings. The number of hydrogen-bond donors (Lipinski definition) is 2. The molecular weight excluding hydrogens is 180 g/mol. The molecule has 0 aromatic carbocycles. The first-order valence-corrected chi connectivity index (χ1v) is 4.16. The van der Waals surface area contributed by atoms with Crippen molar-refractivity contribution >= 4 is 5.97 Å². The SMILES string of the molecule is C=C/C(=C\C=C(\O)C=C)CCC(=O)O. The van der Waals surface area contributed by atoms with Gasteiger partial charge in [-0.1, -0.05) is 25.3 Å². The third kappa shape index (κ3) is 5.83. The topological polar surface area (TPSA) is 57.5 Å². The van der Waals surface area contributed by atoms with Crippen molar-refractivity contribution < 1.29 is 15.0 Å². The Kier molecular flexibility index (Phi) is 5.87. The van der Waals surface area contributed by atoms with Crippen molar-refractivity contribution in [3.63, 3.8) is 0 Å². The second kappa shape index (κ2) is 6.71. The molecule has 0 aliphatic carbocycles. The largest absolute Gasteiger partial charge is 0.508 e. The van der Waals surface area contributed by atoms with Crippen molar-refractivity contribution in [1.29, 1.82) is 0 Å². The van der Waals surface area contributed by atoms with E-state index in [0.717, 1.165) is 5.57 Å². The predicted octanol–water partition coefficient (Wildman–Crippen LogP) is 2.59. The van der Waals surface area contributed by atoms with Gasteiger partial charge in [-0.05, 0) is 24.1 Å². The maximum atomic E-state index is 10.3. The van der Waals surface area contributed by atoms with Crippen molar-refractivity contribution in [3.05, 3.63) is 48.8 Å². The maximum Gasteiger partial charge on any atom is 0.303 e. The molecule has 0 atom stereocenters. The number of hydrogen-bond acceptors (Lipinski definition) is 2. The first-order valence-electron chi connectivity index (χ1n) is 4.16. The van der Waals surface area contributed by atoms with E-state index in [9.17, 15) is 4.79 Å². The summed E-state index contributed by atoms with van der Waals surface area (Å²) in [4.78, 5) is 10.3. The molecule has 14 heavy (non-hydrogen) atoms. The lowest BCUT2D eigenvalue weighted by Gasteiger charge is -1.96. The van der Waals surface area contributed by atoms with Crippen LogP contribution >= 0.6 is 0 Å². The lowest BCUT2D eigenvalue weighted by molar-refractivity contribution is -0.136. The fraction of sp³-hybridized carbons (Fsp3) is 0.182. The second-order valence-electron chi connectivity index (χ2n) is 2.64. The number of aliphatic hydroxyl groups excluding tert-OH is 1. The minimum Gasteiger partial charge on any atom is -0.508 e. The van der Waals surface area contributed by atoms with Gasteiger partial charge in [0.05, 0.1) is 0 Å². The molecule has 0 aliphatic rings. The highest BCUT2D eigenvalue weighted by Crippen LogP contribution is 2.07. The summed E-state index contributed by atoms with van der Waals surface area (Å²) in [6, 6.07) is 0. The first-order chi connectivity index (χ1) is 6.60. The lowest BCUT2D eigenvalue weighted by Crippen LogP contribution is -1.94. The Labute approximate surface area is 83.4 Å². The number of aliphatic hydroxyl groups is 1. The molecule has 0 amide bonds. The van der Waals surface area contributed by atoms with Gasteiger partial charge in [0.2, 0.25) is 0 Å². The number of carboxylic acid groups (broad SMARTS) is 1. The zero-order valence-corrected chi connectivity index (χ0v) is 7.94. The molecular formula is C11H14O3. The summed E-state index contributed by atoms with van der Waals surface area (Å²) in [5, 5.41) is 17.5. The molecule has 0 radical (unpaired) electrons. The van der Waals surface area contributed by atoms with Gasteiger partial charge in [0.1, 0.15) is 5.76 Å². The van der Waals surface area contributed by atoms with E-state index in [1.165, 1.54) is 12.2 Å². The van der Waals surface area contributed by atoms with Gasteiger partial charge in [-0.15, -0.1) is 0 Å². The zero-order valence-electron chi connectivity index (χ0n) is 7.94. The van der Waals surface area contributed by atoms with Crippen LogP contribution in [0.4, 0.5) is 0 Å². The van der Waals surface area contributed by atoms with Crippen LogP contribution in [0.1, 0.15) is 12.8 Å². The summed E-state index contributed by atoms with van der Waals surface area (Å²) < 4.78 is 0. The quantitative estimate of drug-likeness (QED) is 0.504. The highest BCUT2D eigenvalue weighted by atomic mass is 16.4. The minimum absolute atomic E-state index is 0.0414. The predicted molar refractivity (Wildman–Crippen MR) is 56.1 cm³/mol.